The van der Waals surface area contributed by atoms with E-state index in [2.05, 4.69) is 15.6 Å². The zero-order valence-electron chi connectivity index (χ0n) is 20.0. The molecule has 0 aliphatic carbocycles. The van der Waals surface area contributed by atoms with Crippen molar-refractivity contribution in [2.45, 2.75) is 19.6 Å². The molecule has 2 aliphatic heterocycles. The summed E-state index contributed by atoms with van der Waals surface area (Å²) in [4.78, 5) is 48.6. The molecule has 1 aromatic carbocycles. The number of rotatable bonds is 8. The van der Waals surface area contributed by atoms with Gasteiger partial charge in [-0.3, -0.25) is 24.3 Å². The van der Waals surface area contributed by atoms with Crippen LogP contribution in [0.4, 0.5) is 20.6 Å². The van der Waals surface area contributed by atoms with Crippen molar-refractivity contribution in [1.82, 2.24) is 20.7 Å². The Hall–Kier alpha value is -3.77. The van der Waals surface area contributed by atoms with Gasteiger partial charge in [-0.25, -0.2) is 14.2 Å². The molecule has 1 atom stereocenters. The molecule has 3 amide bonds. The van der Waals surface area contributed by atoms with Gasteiger partial charge in [0.15, 0.2) is 0 Å². The molecule has 1 aromatic heterocycles. The molecule has 0 unspecified atom stereocenters. The zero-order valence-corrected chi connectivity index (χ0v) is 20.0. The SMILES string of the molecule is CC(=O)NC[C@H]1CN(c2ccc(N3CCON(C(=O)CNCc4ccncc4)CC3)c(F)c2)C(=O)O1. The topological polar surface area (TPSA) is 116 Å². The predicted molar refractivity (Wildman–Crippen MR) is 129 cm³/mol. The van der Waals surface area contributed by atoms with E-state index in [4.69, 9.17) is 9.57 Å². The maximum atomic E-state index is 15.1. The van der Waals surface area contributed by atoms with Crippen LogP contribution in [0.5, 0.6) is 0 Å². The quantitative estimate of drug-likeness (QED) is 0.553. The molecular formula is C24H29FN6O5. The van der Waals surface area contributed by atoms with Gasteiger partial charge in [0.1, 0.15) is 11.9 Å². The number of carbonyl (C=O) groups excluding carboxylic acids is 3. The van der Waals surface area contributed by atoms with Gasteiger partial charge in [-0.15, -0.1) is 0 Å². The maximum absolute atomic E-state index is 15.1. The van der Waals surface area contributed by atoms with Gasteiger partial charge in [0.2, 0.25) is 5.91 Å². The van der Waals surface area contributed by atoms with E-state index in [1.807, 2.05) is 12.1 Å². The first-order valence-electron chi connectivity index (χ1n) is 11.7. The van der Waals surface area contributed by atoms with Crippen LogP contribution in [-0.2, 0) is 25.7 Å². The van der Waals surface area contributed by atoms with E-state index in [9.17, 15) is 14.4 Å². The number of anilines is 2. The summed E-state index contributed by atoms with van der Waals surface area (Å²) in [5.74, 6) is -0.921. The zero-order chi connectivity index (χ0) is 25.5. The number of hydroxylamine groups is 2. The molecule has 0 saturated carbocycles. The highest BCUT2D eigenvalue weighted by molar-refractivity contribution is 5.90. The lowest BCUT2D eigenvalue weighted by molar-refractivity contribution is -0.180. The summed E-state index contributed by atoms with van der Waals surface area (Å²) in [5.41, 5.74) is 1.75. The molecule has 192 valence electrons. The number of amides is 3. The molecule has 2 fully saturated rings. The summed E-state index contributed by atoms with van der Waals surface area (Å²) in [5, 5.41) is 7.01. The molecule has 2 saturated heterocycles. The number of carbonyl (C=O) groups is 3. The second-order valence-electron chi connectivity index (χ2n) is 8.46. The van der Waals surface area contributed by atoms with Crippen LogP contribution in [0.25, 0.3) is 0 Å². The number of pyridine rings is 1. The third-order valence-electron chi connectivity index (χ3n) is 5.85. The van der Waals surface area contributed by atoms with Gasteiger partial charge in [0, 0.05) is 39.0 Å². The lowest BCUT2D eigenvalue weighted by Crippen LogP contribution is -2.39. The minimum Gasteiger partial charge on any atom is -0.442 e. The molecule has 2 N–H and O–H groups in total. The normalized spacial score (nSPS) is 18.1. The van der Waals surface area contributed by atoms with E-state index < -0.39 is 18.0 Å². The number of halogens is 1. The van der Waals surface area contributed by atoms with Gasteiger partial charge in [-0.1, -0.05) is 0 Å². The third-order valence-corrected chi connectivity index (χ3v) is 5.85. The first-order chi connectivity index (χ1) is 17.4. The summed E-state index contributed by atoms with van der Waals surface area (Å²) in [6.07, 6.45) is 2.29. The van der Waals surface area contributed by atoms with Crippen molar-refractivity contribution in [3.63, 3.8) is 0 Å². The van der Waals surface area contributed by atoms with Crippen LogP contribution in [-0.4, -0.2) is 79.9 Å². The highest BCUT2D eigenvalue weighted by Crippen LogP contribution is 2.28. The van der Waals surface area contributed by atoms with Crippen molar-refractivity contribution < 1.29 is 28.3 Å². The van der Waals surface area contributed by atoms with Crippen molar-refractivity contribution in [3.05, 3.63) is 54.1 Å². The number of benzene rings is 1. The van der Waals surface area contributed by atoms with E-state index >= 15 is 4.39 Å². The van der Waals surface area contributed by atoms with E-state index in [-0.39, 0.29) is 44.6 Å². The van der Waals surface area contributed by atoms with Crippen LogP contribution in [0, 0.1) is 5.82 Å². The molecule has 12 heteroatoms. The second-order valence-corrected chi connectivity index (χ2v) is 8.46. The fraction of sp³-hybridized carbons (Fsp3) is 0.417. The molecule has 0 spiro atoms. The molecule has 2 aromatic rings. The first kappa shape index (κ1) is 25.3. The number of aromatic nitrogens is 1. The first-order valence-corrected chi connectivity index (χ1v) is 11.7. The van der Waals surface area contributed by atoms with Gasteiger partial charge in [-0.2, -0.15) is 0 Å². The highest BCUT2D eigenvalue weighted by Gasteiger charge is 2.33. The van der Waals surface area contributed by atoms with E-state index in [1.54, 1.807) is 29.4 Å². The molecule has 36 heavy (non-hydrogen) atoms. The number of ether oxygens (including phenoxy) is 1. The average molecular weight is 501 g/mol. The molecule has 2 aliphatic rings. The maximum Gasteiger partial charge on any atom is 0.414 e. The van der Waals surface area contributed by atoms with Crippen LogP contribution in [0.2, 0.25) is 0 Å². The Morgan fingerprint density at radius 2 is 1.97 bits per heavy atom. The molecule has 3 heterocycles. The number of nitrogens with zero attached hydrogens (tertiary/aromatic N) is 4. The fourth-order valence-corrected chi connectivity index (χ4v) is 4.01. The lowest BCUT2D eigenvalue weighted by Gasteiger charge is -2.24. The van der Waals surface area contributed by atoms with Crippen molar-refractivity contribution in [3.8, 4) is 0 Å². The molecule has 0 radical (unpaired) electrons. The Kier molecular flexibility index (Phi) is 8.28. The van der Waals surface area contributed by atoms with Crippen LogP contribution >= 0.6 is 0 Å². The van der Waals surface area contributed by atoms with Crippen molar-refractivity contribution in [2.75, 3.05) is 55.7 Å². The Bertz CT molecular complexity index is 1090. The summed E-state index contributed by atoms with van der Waals surface area (Å²) in [6.45, 7) is 3.71. The Morgan fingerprint density at radius 1 is 1.17 bits per heavy atom. The number of hydrogen-bond donors (Lipinski definition) is 2. The van der Waals surface area contributed by atoms with Crippen molar-refractivity contribution >= 4 is 29.3 Å². The number of hydrogen-bond acceptors (Lipinski definition) is 8. The molecular weight excluding hydrogens is 471 g/mol. The van der Waals surface area contributed by atoms with Gasteiger partial charge in [-0.05, 0) is 35.9 Å². The Balaban J connectivity index is 1.30. The van der Waals surface area contributed by atoms with Crippen LogP contribution in [0.1, 0.15) is 12.5 Å². The van der Waals surface area contributed by atoms with Crippen molar-refractivity contribution in [1.29, 1.82) is 0 Å². The minimum absolute atomic E-state index is 0.111. The Morgan fingerprint density at radius 3 is 2.72 bits per heavy atom. The minimum atomic E-state index is -0.590. The van der Waals surface area contributed by atoms with Crippen LogP contribution in [0.15, 0.2) is 42.7 Å². The summed E-state index contributed by atoms with van der Waals surface area (Å²) < 4.78 is 20.3. The standard InChI is InChI=1S/C24H29FN6O5/c1-17(32)28-14-20-16-30(24(34)36-20)19-2-3-22(21(25)12-19)29-8-9-31(35-11-10-29)23(33)15-27-13-18-4-6-26-7-5-18/h2-7,12,20,27H,8-11,13-16H2,1H3,(H,28,32)/t20-/m0/s1. The smallest absolute Gasteiger partial charge is 0.414 e. The molecule has 11 nitrogen and oxygen atoms in total. The van der Waals surface area contributed by atoms with E-state index in [0.29, 0.717) is 31.0 Å². The lowest BCUT2D eigenvalue weighted by atomic mass is 10.2. The third kappa shape index (κ3) is 6.46. The summed E-state index contributed by atoms with van der Waals surface area (Å²) in [6, 6.07) is 8.28. The van der Waals surface area contributed by atoms with Crippen LogP contribution in [0.3, 0.4) is 0 Å². The van der Waals surface area contributed by atoms with Gasteiger partial charge < -0.3 is 20.3 Å². The molecule has 4 rings (SSSR count). The summed E-state index contributed by atoms with van der Waals surface area (Å²) >= 11 is 0. The number of nitrogens with one attached hydrogen (secondary N) is 2. The summed E-state index contributed by atoms with van der Waals surface area (Å²) in [7, 11) is 0. The monoisotopic (exact) mass is 500 g/mol. The second kappa shape index (κ2) is 11.8. The highest BCUT2D eigenvalue weighted by atomic mass is 19.1. The van der Waals surface area contributed by atoms with Gasteiger partial charge >= 0.3 is 6.09 Å². The largest absolute Gasteiger partial charge is 0.442 e. The Labute approximate surface area is 208 Å². The number of cyclic esters (lactones) is 1. The predicted octanol–water partition coefficient (Wildman–Crippen LogP) is 1.05. The molecule has 0 bridgehead atoms. The fourth-order valence-electron chi connectivity index (χ4n) is 4.01. The van der Waals surface area contributed by atoms with E-state index in [0.717, 1.165) is 5.56 Å². The average Bonchev–Trinajstić information content (AvgIpc) is 3.07. The van der Waals surface area contributed by atoms with Gasteiger partial charge in [0.25, 0.3) is 5.91 Å². The van der Waals surface area contributed by atoms with Crippen molar-refractivity contribution in [2.24, 2.45) is 0 Å². The van der Waals surface area contributed by atoms with E-state index in [1.165, 1.54) is 23.0 Å². The van der Waals surface area contributed by atoms with Gasteiger partial charge in [0.05, 0.1) is 44.2 Å². The van der Waals surface area contributed by atoms with Crippen LogP contribution < -0.4 is 20.4 Å².